The first-order chi connectivity index (χ1) is 9.75. The Kier molecular flexibility index (Phi) is 10.6. The highest BCUT2D eigenvalue weighted by atomic mass is 35.5. The van der Waals surface area contributed by atoms with E-state index in [1.807, 2.05) is 0 Å². The molecule has 0 aromatic rings. The number of halogens is 1. The van der Waals surface area contributed by atoms with Crippen LogP contribution >= 0.6 is 19.2 Å². The monoisotopic (exact) mass is 342 g/mol. The maximum atomic E-state index is 13.0. The number of carbonyl (C=O) groups excluding carboxylic acids is 1. The van der Waals surface area contributed by atoms with Crippen LogP contribution in [-0.2, 0) is 23.1 Å². The van der Waals surface area contributed by atoms with E-state index in [1.165, 1.54) is 0 Å². The summed E-state index contributed by atoms with van der Waals surface area (Å²) in [6.45, 7) is 9.13. The van der Waals surface area contributed by atoms with Crippen molar-refractivity contribution in [3.05, 3.63) is 0 Å². The zero-order valence-electron chi connectivity index (χ0n) is 13.6. The van der Waals surface area contributed by atoms with Crippen molar-refractivity contribution in [1.29, 1.82) is 0 Å². The fraction of sp³-hybridized carbons (Fsp3) is 0.929. The second-order valence-corrected chi connectivity index (χ2v) is 7.77. The van der Waals surface area contributed by atoms with E-state index in [4.69, 9.17) is 25.4 Å². The fourth-order valence-corrected chi connectivity index (χ4v) is 4.09. The Balaban J connectivity index is 5.12. The van der Waals surface area contributed by atoms with E-state index in [0.29, 0.717) is 6.42 Å². The molecule has 0 amide bonds. The van der Waals surface area contributed by atoms with E-state index >= 15 is 0 Å². The minimum absolute atomic E-state index is 0.284. The molecule has 21 heavy (non-hydrogen) atoms. The van der Waals surface area contributed by atoms with Gasteiger partial charge in [0.2, 0.25) is 5.85 Å². The number of alkyl halides is 1. The van der Waals surface area contributed by atoms with Crippen LogP contribution in [0.4, 0.5) is 0 Å². The Hall–Kier alpha value is -0.0900. The Morgan fingerprint density at radius 3 is 2.00 bits per heavy atom. The van der Waals surface area contributed by atoms with Crippen molar-refractivity contribution in [2.75, 3.05) is 5.88 Å². The number of ether oxygens (including phenoxy) is 1. The van der Waals surface area contributed by atoms with E-state index in [0.717, 1.165) is 19.3 Å². The van der Waals surface area contributed by atoms with E-state index in [-0.39, 0.29) is 18.1 Å². The predicted molar refractivity (Wildman–Crippen MR) is 84.8 cm³/mol. The zero-order valence-corrected chi connectivity index (χ0v) is 15.3. The largest absolute Gasteiger partial charge is 0.448 e. The molecule has 0 rings (SSSR count). The van der Waals surface area contributed by atoms with Gasteiger partial charge in [-0.15, -0.1) is 11.6 Å². The lowest BCUT2D eigenvalue weighted by molar-refractivity contribution is -0.143. The third kappa shape index (κ3) is 8.82. The van der Waals surface area contributed by atoms with Gasteiger partial charge < -0.3 is 13.8 Å². The summed E-state index contributed by atoms with van der Waals surface area (Å²) in [6, 6.07) is 0. The second-order valence-electron chi connectivity index (χ2n) is 5.42. The van der Waals surface area contributed by atoms with Gasteiger partial charge in [0.05, 0.1) is 12.2 Å². The molecule has 0 aliphatic rings. The predicted octanol–water partition coefficient (Wildman–Crippen LogP) is 4.72. The normalized spacial score (nSPS) is 13.7. The molecule has 1 atom stereocenters. The van der Waals surface area contributed by atoms with Gasteiger partial charge in [-0.1, -0.05) is 19.8 Å². The van der Waals surface area contributed by atoms with Gasteiger partial charge in [-0.3, -0.25) is 9.36 Å². The SMILES string of the molecule is CCCCC[C@@H](OC(=O)CCl)P(=O)(OC(C)C)OC(C)C. The van der Waals surface area contributed by atoms with Gasteiger partial charge in [-0.25, -0.2) is 0 Å². The Morgan fingerprint density at radius 2 is 1.62 bits per heavy atom. The minimum atomic E-state index is -3.55. The molecule has 0 aliphatic heterocycles. The standard InChI is InChI=1S/C14H28ClO5P/c1-6-7-8-9-14(18-13(16)10-15)21(17,19-11(2)3)20-12(4)5/h11-12,14H,6-10H2,1-5H3/t14-/m0/s1. The quantitative estimate of drug-likeness (QED) is 0.235. The molecule has 0 saturated heterocycles. The van der Waals surface area contributed by atoms with Crippen molar-refractivity contribution in [1.82, 2.24) is 0 Å². The highest BCUT2D eigenvalue weighted by molar-refractivity contribution is 7.54. The Bertz CT molecular complexity index is 332. The molecule has 0 heterocycles. The lowest BCUT2D eigenvalue weighted by Gasteiger charge is -2.29. The van der Waals surface area contributed by atoms with Gasteiger partial charge >= 0.3 is 13.6 Å². The molecule has 5 nitrogen and oxygen atoms in total. The molecule has 0 saturated carbocycles. The topological polar surface area (TPSA) is 61.8 Å². The molecule has 7 heteroatoms. The van der Waals surface area contributed by atoms with Crippen LogP contribution in [-0.4, -0.2) is 29.9 Å². The second kappa shape index (κ2) is 10.6. The van der Waals surface area contributed by atoms with Crippen LogP contribution in [0.25, 0.3) is 0 Å². The molecule has 0 aromatic heterocycles. The van der Waals surface area contributed by atoms with Crippen molar-refractivity contribution in [3.63, 3.8) is 0 Å². The summed E-state index contributed by atoms with van der Waals surface area (Å²) in [5.74, 6) is -1.80. The number of unbranched alkanes of at least 4 members (excludes halogenated alkanes) is 2. The molecule has 0 N–H and O–H groups in total. The highest BCUT2D eigenvalue weighted by Crippen LogP contribution is 2.57. The van der Waals surface area contributed by atoms with Gasteiger partial charge in [0.15, 0.2) is 0 Å². The van der Waals surface area contributed by atoms with Crippen LogP contribution in [0.3, 0.4) is 0 Å². The first-order valence-electron chi connectivity index (χ1n) is 7.47. The average molecular weight is 343 g/mol. The van der Waals surface area contributed by atoms with Gasteiger partial charge in [0, 0.05) is 0 Å². The fourth-order valence-electron chi connectivity index (χ4n) is 1.78. The van der Waals surface area contributed by atoms with Gasteiger partial charge in [-0.05, 0) is 40.5 Å². The summed E-state index contributed by atoms with van der Waals surface area (Å²) < 4.78 is 29.2. The van der Waals surface area contributed by atoms with E-state index < -0.39 is 19.4 Å². The van der Waals surface area contributed by atoms with Crippen molar-refractivity contribution in [2.24, 2.45) is 0 Å². The van der Waals surface area contributed by atoms with Gasteiger partial charge in [-0.2, -0.15) is 0 Å². The summed E-state index contributed by atoms with van der Waals surface area (Å²) in [5, 5.41) is 0. The molecule has 126 valence electrons. The maximum absolute atomic E-state index is 13.0. The molecule has 0 aromatic carbocycles. The molecule has 0 unspecified atom stereocenters. The number of hydrogen-bond donors (Lipinski definition) is 0. The third-order valence-electron chi connectivity index (χ3n) is 2.50. The minimum Gasteiger partial charge on any atom is -0.448 e. The summed E-state index contributed by atoms with van der Waals surface area (Å²) in [5.41, 5.74) is 0. The first kappa shape index (κ1) is 20.9. The number of hydrogen-bond acceptors (Lipinski definition) is 5. The smallest absolute Gasteiger partial charge is 0.371 e. The first-order valence-corrected chi connectivity index (χ1v) is 9.61. The molecule has 0 aliphatic carbocycles. The van der Waals surface area contributed by atoms with Crippen molar-refractivity contribution in [3.8, 4) is 0 Å². The molecule has 0 bridgehead atoms. The lowest BCUT2D eigenvalue weighted by atomic mass is 10.2. The van der Waals surface area contributed by atoms with Crippen LogP contribution in [0.1, 0.15) is 60.3 Å². The number of carbonyl (C=O) groups is 1. The third-order valence-corrected chi connectivity index (χ3v) is 5.22. The van der Waals surface area contributed by atoms with Crippen LogP contribution < -0.4 is 0 Å². The number of rotatable bonds is 11. The summed E-state index contributed by atoms with van der Waals surface area (Å²) in [4.78, 5) is 11.5. The van der Waals surface area contributed by atoms with Crippen molar-refractivity contribution < 1.29 is 23.1 Å². The van der Waals surface area contributed by atoms with Gasteiger partial charge in [0.25, 0.3) is 0 Å². The van der Waals surface area contributed by atoms with Crippen molar-refractivity contribution in [2.45, 2.75) is 78.4 Å². The van der Waals surface area contributed by atoms with E-state index in [9.17, 15) is 9.36 Å². The molecule has 0 radical (unpaired) electrons. The molecular formula is C14H28ClO5P. The Morgan fingerprint density at radius 1 is 1.10 bits per heavy atom. The van der Waals surface area contributed by atoms with Gasteiger partial charge in [0.1, 0.15) is 5.88 Å². The summed E-state index contributed by atoms with van der Waals surface area (Å²) in [6.07, 6.45) is 2.60. The summed E-state index contributed by atoms with van der Waals surface area (Å²) in [7, 11) is -3.55. The molecular weight excluding hydrogens is 315 g/mol. The molecule has 0 fully saturated rings. The van der Waals surface area contributed by atoms with Crippen LogP contribution in [0, 0.1) is 0 Å². The Labute approximate surface area is 133 Å². The van der Waals surface area contributed by atoms with Crippen LogP contribution in [0.15, 0.2) is 0 Å². The summed E-state index contributed by atoms with van der Waals surface area (Å²) >= 11 is 5.47. The molecule has 0 spiro atoms. The maximum Gasteiger partial charge on any atom is 0.371 e. The van der Waals surface area contributed by atoms with E-state index in [1.54, 1.807) is 27.7 Å². The van der Waals surface area contributed by atoms with Crippen molar-refractivity contribution >= 4 is 25.2 Å². The average Bonchev–Trinajstić information content (AvgIpc) is 2.35. The number of esters is 1. The lowest BCUT2D eigenvalue weighted by Crippen LogP contribution is -2.24. The zero-order chi connectivity index (χ0) is 16.5. The van der Waals surface area contributed by atoms with Crippen LogP contribution in [0.5, 0.6) is 0 Å². The van der Waals surface area contributed by atoms with E-state index in [2.05, 4.69) is 6.92 Å². The highest BCUT2D eigenvalue weighted by Gasteiger charge is 2.40. The van der Waals surface area contributed by atoms with Crippen LogP contribution in [0.2, 0.25) is 0 Å².